The maximum atomic E-state index is 6.11. The fourth-order valence-electron chi connectivity index (χ4n) is 1.58. The zero-order valence-electron chi connectivity index (χ0n) is 10.8. The number of aromatic nitrogens is 2. The molecule has 1 aromatic heterocycles. The number of hydrogen-bond acceptors (Lipinski definition) is 5. The lowest BCUT2D eigenvalue weighted by molar-refractivity contribution is 0.319. The minimum atomic E-state index is 0.255. The second-order valence-electron chi connectivity index (χ2n) is 3.71. The smallest absolute Gasteiger partial charge is 0.269 e. The van der Waals surface area contributed by atoms with Gasteiger partial charge in [0.2, 0.25) is 5.75 Å². The molecule has 5 nitrogen and oxygen atoms in total. The number of nitrogens with zero attached hydrogens (tertiary/aromatic N) is 2. The summed E-state index contributed by atoms with van der Waals surface area (Å²) in [5.41, 5.74) is 0.895. The van der Waals surface area contributed by atoms with Crippen molar-refractivity contribution >= 4 is 11.6 Å². The van der Waals surface area contributed by atoms with E-state index < -0.39 is 0 Å². The van der Waals surface area contributed by atoms with Crippen molar-refractivity contribution in [2.75, 3.05) is 14.2 Å². The highest BCUT2D eigenvalue weighted by molar-refractivity contribution is 6.32. The van der Waals surface area contributed by atoms with Gasteiger partial charge in [0, 0.05) is 0 Å². The van der Waals surface area contributed by atoms with Gasteiger partial charge >= 0.3 is 0 Å². The van der Waals surface area contributed by atoms with E-state index in [1.54, 1.807) is 6.07 Å². The maximum absolute atomic E-state index is 6.11. The first-order valence-electron chi connectivity index (χ1n) is 5.53. The van der Waals surface area contributed by atoms with E-state index in [1.807, 2.05) is 19.1 Å². The Labute approximate surface area is 116 Å². The van der Waals surface area contributed by atoms with E-state index in [9.17, 15) is 0 Å². The normalized spacial score (nSPS) is 10.1. The molecule has 0 radical (unpaired) electrons. The second kappa shape index (κ2) is 5.75. The van der Waals surface area contributed by atoms with Crippen LogP contribution in [0.25, 0.3) is 0 Å². The molecule has 0 aliphatic carbocycles. The highest BCUT2D eigenvalue weighted by atomic mass is 35.5. The van der Waals surface area contributed by atoms with E-state index in [0.29, 0.717) is 22.4 Å². The predicted molar refractivity (Wildman–Crippen MR) is 71.4 cm³/mol. The van der Waals surface area contributed by atoms with Crippen LogP contribution in [0.15, 0.2) is 24.5 Å². The summed E-state index contributed by atoms with van der Waals surface area (Å²) in [6.45, 7) is 1.89. The van der Waals surface area contributed by atoms with Crippen LogP contribution >= 0.6 is 11.6 Å². The van der Waals surface area contributed by atoms with Gasteiger partial charge in [-0.2, -0.15) is 9.97 Å². The second-order valence-corrected chi connectivity index (χ2v) is 4.12. The van der Waals surface area contributed by atoms with Crippen molar-refractivity contribution in [2.45, 2.75) is 6.92 Å². The zero-order valence-corrected chi connectivity index (χ0v) is 11.6. The van der Waals surface area contributed by atoms with E-state index in [2.05, 4.69) is 9.97 Å². The van der Waals surface area contributed by atoms with Crippen LogP contribution in [-0.4, -0.2) is 24.2 Å². The van der Waals surface area contributed by atoms with Gasteiger partial charge in [0.15, 0.2) is 5.75 Å². The molecule has 0 aliphatic heterocycles. The molecule has 0 N–H and O–H groups in total. The Morgan fingerprint density at radius 3 is 2.37 bits per heavy atom. The minimum Gasteiger partial charge on any atom is -0.487 e. The van der Waals surface area contributed by atoms with Crippen molar-refractivity contribution in [3.05, 3.63) is 35.1 Å². The molecule has 0 aliphatic rings. The lowest BCUT2D eigenvalue weighted by Crippen LogP contribution is -1.99. The Bertz CT molecular complexity index is 570. The highest BCUT2D eigenvalue weighted by Crippen LogP contribution is 2.38. The summed E-state index contributed by atoms with van der Waals surface area (Å²) in [5.74, 6) is 1.41. The Morgan fingerprint density at radius 2 is 1.74 bits per heavy atom. The average Bonchev–Trinajstić information content (AvgIpc) is 2.42. The molecule has 6 heteroatoms. The van der Waals surface area contributed by atoms with Gasteiger partial charge < -0.3 is 14.2 Å². The molecule has 0 saturated carbocycles. The summed E-state index contributed by atoms with van der Waals surface area (Å²) in [6.07, 6.45) is 1.34. The van der Waals surface area contributed by atoms with Crippen molar-refractivity contribution in [3.8, 4) is 23.3 Å². The van der Waals surface area contributed by atoms with E-state index >= 15 is 0 Å². The molecule has 100 valence electrons. The molecule has 1 aromatic carbocycles. The molecule has 2 rings (SSSR count). The van der Waals surface area contributed by atoms with Crippen LogP contribution < -0.4 is 14.2 Å². The summed E-state index contributed by atoms with van der Waals surface area (Å²) in [4.78, 5) is 7.98. The van der Waals surface area contributed by atoms with Gasteiger partial charge in [-0.05, 0) is 18.6 Å². The molecular formula is C13H13ClN2O3. The molecule has 0 bridgehead atoms. The van der Waals surface area contributed by atoms with Crippen molar-refractivity contribution < 1.29 is 14.2 Å². The number of benzene rings is 1. The first-order valence-corrected chi connectivity index (χ1v) is 5.91. The van der Waals surface area contributed by atoms with Crippen LogP contribution in [0.3, 0.4) is 0 Å². The van der Waals surface area contributed by atoms with Crippen LogP contribution in [0.4, 0.5) is 0 Å². The zero-order chi connectivity index (χ0) is 13.8. The van der Waals surface area contributed by atoms with Gasteiger partial charge in [0.1, 0.15) is 6.33 Å². The minimum absolute atomic E-state index is 0.255. The van der Waals surface area contributed by atoms with Crippen molar-refractivity contribution in [1.29, 1.82) is 0 Å². The topological polar surface area (TPSA) is 53.5 Å². The molecular weight excluding hydrogens is 268 g/mol. The molecule has 0 saturated heterocycles. The number of aryl methyl sites for hydroxylation is 1. The molecule has 0 spiro atoms. The van der Waals surface area contributed by atoms with Crippen molar-refractivity contribution in [3.63, 3.8) is 0 Å². The quantitative estimate of drug-likeness (QED) is 0.860. The molecule has 0 fully saturated rings. The van der Waals surface area contributed by atoms with Gasteiger partial charge in [-0.15, -0.1) is 0 Å². The van der Waals surface area contributed by atoms with Gasteiger partial charge in [0.25, 0.3) is 11.8 Å². The van der Waals surface area contributed by atoms with E-state index in [-0.39, 0.29) is 5.88 Å². The predicted octanol–water partition coefficient (Wildman–Crippen LogP) is 3.25. The molecule has 0 unspecified atom stereocenters. The fourth-order valence-corrected chi connectivity index (χ4v) is 1.84. The third-order valence-corrected chi connectivity index (χ3v) is 2.80. The van der Waals surface area contributed by atoms with Gasteiger partial charge in [0.05, 0.1) is 19.2 Å². The first-order chi connectivity index (χ1) is 9.17. The largest absolute Gasteiger partial charge is 0.487 e. The standard InChI is InChI=1S/C13H13ClN2O3/c1-8-5-4-6-9(14)10(8)19-13-11(17-2)12(18-3)15-7-16-13/h4-7H,1-3H3. The number of rotatable bonds is 4. The Kier molecular flexibility index (Phi) is 4.06. The monoisotopic (exact) mass is 280 g/mol. The number of para-hydroxylation sites is 1. The number of halogens is 1. The van der Waals surface area contributed by atoms with E-state index in [1.165, 1.54) is 20.5 Å². The van der Waals surface area contributed by atoms with E-state index in [4.69, 9.17) is 25.8 Å². The van der Waals surface area contributed by atoms with Crippen LogP contribution in [0.1, 0.15) is 5.56 Å². The lowest BCUT2D eigenvalue weighted by atomic mass is 10.2. The van der Waals surface area contributed by atoms with Crippen molar-refractivity contribution in [2.24, 2.45) is 0 Å². The summed E-state index contributed by atoms with van der Waals surface area (Å²) >= 11 is 6.11. The lowest BCUT2D eigenvalue weighted by Gasteiger charge is -2.13. The van der Waals surface area contributed by atoms with Crippen molar-refractivity contribution in [1.82, 2.24) is 9.97 Å². The summed E-state index contributed by atoms with van der Waals surface area (Å²) in [5, 5.41) is 0.500. The van der Waals surface area contributed by atoms with Crippen LogP contribution in [-0.2, 0) is 0 Å². The Hall–Kier alpha value is -2.01. The van der Waals surface area contributed by atoms with E-state index in [0.717, 1.165) is 5.56 Å². The first kappa shape index (κ1) is 13.4. The number of methoxy groups -OCH3 is 2. The highest BCUT2D eigenvalue weighted by Gasteiger charge is 2.16. The van der Waals surface area contributed by atoms with Gasteiger partial charge in [-0.1, -0.05) is 23.7 Å². The molecule has 19 heavy (non-hydrogen) atoms. The molecule has 2 aromatic rings. The van der Waals surface area contributed by atoms with Crippen LogP contribution in [0.5, 0.6) is 23.3 Å². The number of hydrogen-bond donors (Lipinski definition) is 0. The fraction of sp³-hybridized carbons (Fsp3) is 0.231. The van der Waals surface area contributed by atoms with Gasteiger partial charge in [-0.25, -0.2) is 0 Å². The summed E-state index contributed by atoms with van der Waals surface area (Å²) in [7, 11) is 2.99. The van der Waals surface area contributed by atoms with Crippen LogP contribution in [0, 0.1) is 6.92 Å². The third-order valence-electron chi connectivity index (χ3n) is 2.50. The summed E-state index contributed by atoms with van der Waals surface area (Å²) < 4.78 is 16.0. The van der Waals surface area contributed by atoms with Crippen LogP contribution in [0.2, 0.25) is 5.02 Å². The molecule has 1 heterocycles. The Balaban J connectivity index is 2.44. The molecule has 0 amide bonds. The molecule has 0 atom stereocenters. The number of ether oxygens (including phenoxy) is 3. The average molecular weight is 281 g/mol. The summed E-state index contributed by atoms with van der Waals surface area (Å²) in [6, 6.07) is 5.49. The Morgan fingerprint density at radius 1 is 1.00 bits per heavy atom. The third kappa shape index (κ3) is 2.71. The SMILES string of the molecule is COc1ncnc(Oc2c(C)cccc2Cl)c1OC. The van der Waals surface area contributed by atoms with Gasteiger partial charge in [-0.3, -0.25) is 0 Å². The maximum Gasteiger partial charge on any atom is 0.269 e.